The zero-order valence-corrected chi connectivity index (χ0v) is 19.0. The number of carboxylic acid groups (broad SMARTS) is 1. The fourth-order valence-electron chi connectivity index (χ4n) is 5.08. The van der Waals surface area contributed by atoms with Gasteiger partial charge in [0.25, 0.3) is 0 Å². The lowest BCUT2D eigenvalue weighted by atomic mass is 9.75. The predicted octanol–water partition coefficient (Wildman–Crippen LogP) is 5.42. The summed E-state index contributed by atoms with van der Waals surface area (Å²) < 4.78 is 6.20. The van der Waals surface area contributed by atoms with Crippen LogP contribution in [0, 0.1) is 11.8 Å². The maximum atomic E-state index is 12.0. The molecular weight excluding hydrogens is 402 g/mol. The van der Waals surface area contributed by atoms with Gasteiger partial charge in [-0.2, -0.15) is 0 Å². The summed E-state index contributed by atoms with van der Waals surface area (Å²) in [4.78, 5) is 27.1. The van der Waals surface area contributed by atoms with E-state index in [1.54, 1.807) is 6.21 Å². The van der Waals surface area contributed by atoms with E-state index in [0.717, 1.165) is 37.8 Å². The van der Waals surface area contributed by atoms with Gasteiger partial charge >= 0.3 is 5.97 Å². The van der Waals surface area contributed by atoms with Crippen LogP contribution in [0.5, 0.6) is 0 Å². The molecule has 2 aliphatic rings. The Bertz CT molecular complexity index is 773. The number of aliphatic imine (C=N–C) groups is 1. The molecule has 4 atom stereocenters. The average molecular weight is 440 g/mol. The second-order valence-electron chi connectivity index (χ2n) is 9.10. The topological polar surface area (TPSA) is 76.0 Å². The molecule has 2 bridgehead atoms. The molecule has 174 valence electrons. The minimum Gasteiger partial charge on any atom is -0.481 e. The van der Waals surface area contributed by atoms with Crippen LogP contribution >= 0.6 is 0 Å². The van der Waals surface area contributed by atoms with Crippen LogP contribution < -0.4 is 0 Å². The average Bonchev–Trinajstić information content (AvgIpc) is 3.38. The van der Waals surface area contributed by atoms with Crippen molar-refractivity contribution in [1.82, 2.24) is 0 Å². The molecule has 0 radical (unpaired) electrons. The highest BCUT2D eigenvalue weighted by molar-refractivity contribution is 5.92. The van der Waals surface area contributed by atoms with E-state index in [9.17, 15) is 9.59 Å². The lowest BCUT2D eigenvalue weighted by Gasteiger charge is -2.27. The Hall–Kier alpha value is -2.27. The zero-order chi connectivity index (χ0) is 22.6. The molecule has 0 amide bonds. The molecule has 1 aromatic carbocycles. The lowest BCUT2D eigenvalue weighted by molar-refractivity contribution is -0.137. The first-order valence-electron chi connectivity index (χ1n) is 12.2. The number of rotatable bonds is 15. The van der Waals surface area contributed by atoms with Crippen molar-refractivity contribution in [1.29, 1.82) is 0 Å². The van der Waals surface area contributed by atoms with Gasteiger partial charge in [-0.05, 0) is 62.3 Å². The van der Waals surface area contributed by atoms with Gasteiger partial charge in [0.05, 0.1) is 12.2 Å². The molecule has 5 heteroatoms. The smallest absolute Gasteiger partial charge is 0.303 e. The Morgan fingerprint density at radius 2 is 1.81 bits per heavy atom. The van der Waals surface area contributed by atoms with E-state index < -0.39 is 5.97 Å². The van der Waals surface area contributed by atoms with Crippen LogP contribution in [0.4, 0.5) is 0 Å². The van der Waals surface area contributed by atoms with Crippen molar-refractivity contribution in [3.05, 3.63) is 48.0 Å². The van der Waals surface area contributed by atoms with Crippen LogP contribution in [0.15, 0.2) is 47.5 Å². The highest BCUT2D eigenvalue weighted by Crippen LogP contribution is 2.47. The molecule has 1 N–H and O–H groups in total. The predicted molar refractivity (Wildman–Crippen MR) is 127 cm³/mol. The molecule has 0 saturated carbocycles. The molecule has 3 rings (SSSR count). The Balaban J connectivity index is 1.29. The molecule has 2 saturated heterocycles. The molecule has 2 fully saturated rings. The van der Waals surface area contributed by atoms with Gasteiger partial charge in [-0.25, -0.2) is 0 Å². The molecule has 1 aromatic rings. The number of hydrogen-bond donors (Lipinski definition) is 1. The summed E-state index contributed by atoms with van der Waals surface area (Å²) in [5.74, 6) is 0.721. The molecule has 2 heterocycles. The first-order valence-corrected chi connectivity index (χ1v) is 12.2. The molecule has 0 spiro atoms. The van der Waals surface area contributed by atoms with E-state index >= 15 is 0 Å². The number of nitrogens with zero attached hydrogens (tertiary/aromatic N) is 1. The number of allylic oxidation sites excluding steroid dienone is 2. The van der Waals surface area contributed by atoms with Gasteiger partial charge in [-0.3, -0.25) is 14.6 Å². The molecule has 0 aromatic heterocycles. The van der Waals surface area contributed by atoms with Crippen molar-refractivity contribution >= 4 is 18.0 Å². The number of unbranched alkanes of at least 4 members (excludes halogenated alkanes) is 2. The largest absolute Gasteiger partial charge is 0.481 e. The highest BCUT2D eigenvalue weighted by Gasteiger charge is 2.47. The fourth-order valence-corrected chi connectivity index (χ4v) is 5.08. The van der Waals surface area contributed by atoms with E-state index in [1.165, 1.54) is 19.3 Å². The third-order valence-corrected chi connectivity index (χ3v) is 6.69. The van der Waals surface area contributed by atoms with Crippen LogP contribution in [0.1, 0.15) is 69.8 Å². The third-order valence-electron chi connectivity index (χ3n) is 6.69. The highest BCUT2D eigenvalue weighted by atomic mass is 16.5. The number of carboxylic acids is 1. The lowest BCUT2D eigenvalue weighted by Crippen LogP contribution is -2.26. The summed E-state index contributed by atoms with van der Waals surface area (Å²) in [6.45, 7) is 0.786. The number of fused-ring (bicyclic) bond motifs is 2. The monoisotopic (exact) mass is 439 g/mol. The summed E-state index contributed by atoms with van der Waals surface area (Å²) >= 11 is 0. The first-order chi connectivity index (χ1) is 15.6. The van der Waals surface area contributed by atoms with Crippen molar-refractivity contribution in [3.63, 3.8) is 0 Å². The maximum absolute atomic E-state index is 12.0. The number of benzene rings is 1. The number of Topliss-reactive ketones (excluding diaryl/α,β-unsaturated/α-hetero) is 1. The SMILES string of the molecule is O=C(O)CCCC=CC[C@H]1[C@@H](CCCCN=CCC(=O)Cc2ccccc2)[C@H]2CC[C@@H]1O2. The Labute approximate surface area is 192 Å². The van der Waals surface area contributed by atoms with Crippen LogP contribution in [0.3, 0.4) is 0 Å². The van der Waals surface area contributed by atoms with Gasteiger partial charge in [-0.15, -0.1) is 0 Å². The van der Waals surface area contributed by atoms with Gasteiger partial charge in [-0.1, -0.05) is 48.9 Å². The van der Waals surface area contributed by atoms with E-state index in [2.05, 4.69) is 17.1 Å². The second kappa shape index (κ2) is 13.3. The van der Waals surface area contributed by atoms with Gasteiger partial charge in [0.15, 0.2) is 0 Å². The normalized spacial score (nSPS) is 24.6. The summed E-state index contributed by atoms with van der Waals surface area (Å²) in [6, 6.07) is 9.85. The quantitative estimate of drug-likeness (QED) is 0.225. The number of carbonyl (C=O) groups is 2. The Kier molecular flexibility index (Phi) is 10.1. The number of hydrogen-bond acceptors (Lipinski definition) is 4. The summed E-state index contributed by atoms with van der Waals surface area (Å²) in [5, 5.41) is 8.71. The molecule has 0 unspecified atom stereocenters. The van der Waals surface area contributed by atoms with Crippen molar-refractivity contribution in [2.24, 2.45) is 16.8 Å². The molecule has 32 heavy (non-hydrogen) atoms. The van der Waals surface area contributed by atoms with E-state index in [1.807, 2.05) is 30.3 Å². The molecule has 5 nitrogen and oxygen atoms in total. The fraction of sp³-hybridized carbons (Fsp3) is 0.593. The van der Waals surface area contributed by atoms with E-state index in [0.29, 0.717) is 43.3 Å². The van der Waals surface area contributed by atoms with Crippen molar-refractivity contribution in [2.45, 2.75) is 82.8 Å². The van der Waals surface area contributed by atoms with Gasteiger partial charge in [0, 0.05) is 32.0 Å². The van der Waals surface area contributed by atoms with E-state index in [4.69, 9.17) is 9.84 Å². The molecule has 2 aliphatic heterocycles. The maximum Gasteiger partial charge on any atom is 0.303 e. The third kappa shape index (κ3) is 8.01. The van der Waals surface area contributed by atoms with Crippen molar-refractivity contribution in [2.75, 3.05) is 6.54 Å². The van der Waals surface area contributed by atoms with Crippen LogP contribution in [-0.2, 0) is 20.7 Å². The minimum absolute atomic E-state index is 0.206. The number of aliphatic carboxylic acids is 1. The van der Waals surface area contributed by atoms with E-state index in [-0.39, 0.29) is 12.2 Å². The Morgan fingerprint density at radius 1 is 1.03 bits per heavy atom. The summed E-state index contributed by atoms with van der Waals surface area (Å²) in [7, 11) is 0. The second-order valence-corrected chi connectivity index (χ2v) is 9.10. The molecular formula is C27H37NO4. The first kappa shape index (κ1) is 24.4. The number of ether oxygens (including phenoxy) is 1. The number of carbonyl (C=O) groups excluding carboxylic acids is 1. The van der Waals surface area contributed by atoms with Crippen LogP contribution in [0.2, 0.25) is 0 Å². The van der Waals surface area contributed by atoms with Crippen molar-refractivity contribution < 1.29 is 19.4 Å². The summed E-state index contributed by atoms with van der Waals surface area (Å²) in [6.07, 6.45) is 16.5. The summed E-state index contributed by atoms with van der Waals surface area (Å²) in [5.41, 5.74) is 1.06. The van der Waals surface area contributed by atoms with Gasteiger partial charge < -0.3 is 9.84 Å². The van der Waals surface area contributed by atoms with Gasteiger partial charge in [0.2, 0.25) is 0 Å². The number of ketones is 1. The zero-order valence-electron chi connectivity index (χ0n) is 19.0. The van der Waals surface area contributed by atoms with Gasteiger partial charge in [0.1, 0.15) is 5.78 Å². The minimum atomic E-state index is -0.719. The van der Waals surface area contributed by atoms with Crippen molar-refractivity contribution in [3.8, 4) is 0 Å². The Morgan fingerprint density at radius 3 is 2.59 bits per heavy atom. The standard InChI is InChI=1S/C27H37NO4/c29-22(20-21-10-4-3-5-11-21)17-19-28-18-9-8-13-24-23(25-15-16-26(24)32-25)12-6-1-2-7-14-27(30)31/h1,3-6,10-11,19,23-26H,2,7-9,12-18,20H2,(H,30,31)/t23-,24+,25-,26+/m0/s1. The van der Waals surface area contributed by atoms with Crippen LogP contribution in [-0.4, -0.2) is 41.8 Å². The van der Waals surface area contributed by atoms with Crippen LogP contribution in [0.25, 0.3) is 0 Å². The molecule has 0 aliphatic carbocycles.